The molecule has 1 heterocycles. The minimum absolute atomic E-state index is 0.331. The van der Waals surface area contributed by atoms with Crippen LogP contribution < -0.4 is 5.73 Å². The lowest BCUT2D eigenvalue weighted by Gasteiger charge is -2.06. The van der Waals surface area contributed by atoms with E-state index < -0.39 is 5.97 Å². The number of carboxylic acid groups (broad SMARTS) is 1. The molecule has 0 unspecified atom stereocenters. The van der Waals surface area contributed by atoms with Crippen LogP contribution in [-0.2, 0) is 6.42 Å². The van der Waals surface area contributed by atoms with Crippen molar-refractivity contribution in [2.75, 3.05) is 6.54 Å². The zero-order valence-electron chi connectivity index (χ0n) is 13.3. The Labute approximate surface area is 141 Å². The third-order valence-electron chi connectivity index (χ3n) is 3.38. The maximum atomic E-state index is 10.2. The average Bonchev–Trinajstić information content (AvgIpc) is 2.64. The van der Waals surface area contributed by atoms with Crippen molar-refractivity contribution in [1.82, 2.24) is 4.98 Å². The van der Waals surface area contributed by atoms with Crippen LogP contribution in [-0.4, -0.2) is 22.6 Å². The van der Waals surface area contributed by atoms with Gasteiger partial charge in [0.15, 0.2) is 0 Å². The number of carbonyl (C=O) groups is 1. The van der Waals surface area contributed by atoms with E-state index in [0.29, 0.717) is 12.1 Å². The third kappa shape index (κ3) is 5.04. The molecule has 3 aromatic rings. The fourth-order valence-corrected chi connectivity index (χ4v) is 2.24. The van der Waals surface area contributed by atoms with Crippen LogP contribution in [0.2, 0.25) is 0 Å². The lowest BCUT2D eigenvalue weighted by molar-refractivity contribution is 0.0697. The van der Waals surface area contributed by atoms with Crippen molar-refractivity contribution in [3.05, 3.63) is 90.3 Å². The summed E-state index contributed by atoms with van der Waals surface area (Å²) < 4.78 is 0. The van der Waals surface area contributed by atoms with E-state index in [4.69, 9.17) is 10.8 Å². The standard InChI is InChI=1S/C13H14N2.C7H6O2/c14-9-8-13-12(7-4-10-15-13)11-5-2-1-3-6-11;8-7(9)6-4-2-1-3-5-6/h1-7,10H,8-9,14H2;1-5H,(H,8,9). The summed E-state index contributed by atoms with van der Waals surface area (Å²) >= 11 is 0. The highest BCUT2D eigenvalue weighted by atomic mass is 16.4. The van der Waals surface area contributed by atoms with Crippen LogP contribution in [0.4, 0.5) is 0 Å². The average molecular weight is 320 g/mol. The maximum Gasteiger partial charge on any atom is 0.335 e. The number of benzene rings is 2. The Morgan fingerprint density at radius 3 is 2.08 bits per heavy atom. The lowest BCUT2D eigenvalue weighted by Crippen LogP contribution is -2.05. The Morgan fingerprint density at radius 1 is 0.917 bits per heavy atom. The smallest absolute Gasteiger partial charge is 0.335 e. The van der Waals surface area contributed by atoms with Gasteiger partial charge in [-0.3, -0.25) is 4.98 Å². The number of pyridine rings is 1. The topological polar surface area (TPSA) is 76.2 Å². The van der Waals surface area contributed by atoms with Gasteiger partial charge in [0.1, 0.15) is 0 Å². The summed E-state index contributed by atoms with van der Waals surface area (Å²) in [6.45, 7) is 0.636. The van der Waals surface area contributed by atoms with Gasteiger partial charge in [-0.25, -0.2) is 4.79 Å². The molecule has 0 bridgehead atoms. The first kappa shape index (κ1) is 17.4. The number of hydrogen-bond acceptors (Lipinski definition) is 3. The van der Waals surface area contributed by atoms with Crippen LogP contribution in [0.3, 0.4) is 0 Å². The molecule has 0 radical (unpaired) electrons. The molecule has 0 aliphatic rings. The molecule has 4 nitrogen and oxygen atoms in total. The molecule has 3 rings (SSSR count). The van der Waals surface area contributed by atoms with Gasteiger partial charge >= 0.3 is 5.97 Å². The molecule has 0 aliphatic carbocycles. The molecular formula is C20H20N2O2. The SMILES string of the molecule is NCCc1ncccc1-c1ccccc1.O=C(O)c1ccccc1. The molecule has 2 aromatic carbocycles. The van der Waals surface area contributed by atoms with Gasteiger partial charge in [0.25, 0.3) is 0 Å². The first-order valence-electron chi connectivity index (χ1n) is 7.70. The summed E-state index contributed by atoms with van der Waals surface area (Å²) in [6.07, 6.45) is 2.64. The van der Waals surface area contributed by atoms with E-state index in [-0.39, 0.29) is 0 Å². The molecule has 0 aliphatic heterocycles. The quantitative estimate of drug-likeness (QED) is 0.769. The molecule has 4 heteroatoms. The normalized spacial score (nSPS) is 9.71. The number of nitrogens with two attached hydrogens (primary N) is 1. The van der Waals surface area contributed by atoms with E-state index in [0.717, 1.165) is 12.1 Å². The highest BCUT2D eigenvalue weighted by Gasteiger charge is 2.03. The second kappa shape index (κ2) is 9.22. The molecule has 0 spiro atoms. The minimum Gasteiger partial charge on any atom is -0.478 e. The summed E-state index contributed by atoms with van der Waals surface area (Å²) in [5, 5.41) is 8.38. The Balaban J connectivity index is 0.000000198. The second-order valence-corrected chi connectivity index (χ2v) is 5.07. The maximum absolute atomic E-state index is 10.2. The first-order chi connectivity index (χ1) is 11.7. The van der Waals surface area contributed by atoms with Crippen LogP contribution in [0.15, 0.2) is 79.0 Å². The summed E-state index contributed by atoms with van der Waals surface area (Å²) in [6, 6.07) is 22.6. The van der Waals surface area contributed by atoms with Gasteiger partial charge in [-0.1, -0.05) is 54.6 Å². The summed E-state index contributed by atoms with van der Waals surface area (Å²) in [7, 11) is 0. The van der Waals surface area contributed by atoms with Crippen molar-refractivity contribution < 1.29 is 9.90 Å². The molecular weight excluding hydrogens is 300 g/mol. The van der Waals surface area contributed by atoms with Gasteiger partial charge in [-0.15, -0.1) is 0 Å². The van der Waals surface area contributed by atoms with Crippen molar-refractivity contribution in [2.45, 2.75) is 6.42 Å². The number of aromatic carboxylic acids is 1. The number of hydrogen-bond donors (Lipinski definition) is 2. The van der Waals surface area contributed by atoms with E-state index in [2.05, 4.69) is 23.2 Å². The first-order valence-corrected chi connectivity index (χ1v) is 7.70. The van der Waals surface area contributed by atoms with Gasteiger partial charge < -0.3 is 10.8 Å². The molecule has 0 atom stereocenters. The molecule has 3 N–H and O–H groups in total. The van der Waals surface area contributed by atoms with Crippen LogP contribution >= 0.6 is 0 Å². The Morgan fingerprint density at radius 2 is 1.54 bits per heavy atom. The van der Waals surface area contributed by atoms with Crippen LogP contribution in [0.5, 0.6) is 0 Å². The summed E-state index contributed by atoms with van der Waals surface area (Å²) in [5.74, 6) is -0.879. The van der Waals surface area contributed by atoms with Crippen molar-refractivity contribution >= 4 is 5.97 Å². The fourth-order valence-electron chi connectivity index (χ4n) is 2.24. The van der Waals surface area contributed by atoms with Crippen LogP contribution in [0, 0.1) is 0 Å². The highest BCUT2D eigenvalue weighted by molar-refractivity contribution is 5.87. The van der Waals surface area contributed by atoms with E-state index in [1.54, 1.807) is 30.3 Å². The predicted octanol–water partition coefficient (Wildman–Crippen LogP) is 3.63. The summed E-state index contributed by atoms with van der Waals surface area (Å²) in [5.41, 5.74) is 9.36. The van der Waals surface area contributed by atoms with Gasteiger partial charge in [-0.2, -0.15) is 0 Å². The molecule has 122 valence electrons. The van der Waals surface area contributed by atoms with Gasteiger partial charge in [0, 0.05) is 23.9 Å². The zero-order chi connectivity index (χ0) is 17.2. The van der Waals surface area contributed by atoms with E-state index >= 15 is 0 Å². The number of carboxylic acids is 1. The zero-order valence-corrected chi connectivity index (χ0v) is 13.3. The molecule has 1 aromatic heterocycles. The Kier molecular flexibility index (Phi) is 6.68. The van der Waals surface area contributed by atoms with E-state index in [1.165, 1.54) is 11.1 Å². The molecule has 0 amide bonds. The predicted molar refractivity (Wildman–Crippen MR) is 95.8 cm³/mol. The van der Waals surface area contributed by atoms with Crippen LogP contribution in [0.1, 0.15) is 16.1 Å². The summed E-state index contributed by atoms with van der Waals surface area (Å²) in [4.78, 5) is 14.6. The second-order valence-electron chi connectivity index (χ2n) is 5.07. The Hall–Kier alpha value is -2.98. The number of aromatic nitrogens is 1. The van der Waals surface area contributed by atoms with Crippen molar-refractivity contribution in [3.63, 3.8) is 0 Å². The largest absolute Gasteiger partial charge is 0.478 e. The van der Waals surface area contributed by atoms with Crippen LogP contribution in [0.25, 0.3) is 11.1 Å². The fraction of sp³-hybridized carbons (Fsp3) is 0.100. The Bertz CT molecular complexity index is 759. The number of nitrogens with zero attached hydrogens (tertiary/aromatic N) is 1. The van der Waals surface area contributed by atoms with Crippen molar-refractivity contribution in [3.8, 4) is 11.1 Å². The lowest BCUT2D eigenvalue weighted by atomic mass is 10.0. The van der Waals surface area contributed by atoms with Gasteiger partial charge in [0.05, 0.1) is 5.56 Å². The van der Waals surface area contributed by atoms with Gasteiger partial charge in [0.2, 0.25) is 0 Å². The van der Waals surface area contributed by atoms with E-state index in [1.807, 2.05) is 30.5 Å². The van der Waals surface area contributed by atoms with Crippen molar-refractivity contribution in [2.24, 2.45) is 5.73 Å². The van der Waals surface area contributed by atoms with Gasteiger partial charge in [-0.05, 0) is 30.3 Å². The molecule has 0 saturated heterocycles. The van der Waals surface area contributed by atoms with E-state index in [9.17, 15) is 4.79 Å². The number of rotatable bonds is 4. The third-order valence-corrected chi connectivity index (χ3v) is 3.38. The molecule has 0 saturated carbocycles. The minimum atomic E-state index is -0.879. The monoisotopic (exact) mass is 320 g/mol. The highest BCUT2D eigenvalue weighted by Crippen LogP contribution is 2.21. The molecule has 0 fully saturated rings. The molecule has 24 heavy (non-hydrogen) atoms. The van der Waals surface area contributed by atoms with Crippen molar-refractivity contribution in [1.29, 1.82) is 0 Å².